The van der Waals surface area contributed by atoms with E-state index in [9.17, 15) is 9.59 Å². The molecule has 2 amide bonds. The van der Waals surface area contributed by atoms with E-state index in [0.29, 0.717) is 19.5 Å². The molecule has 1 heterocycles. The van der Waals surface area contributed by atoms with E-state index in [2.05, 4.69) is 10.1 Å². The van der Waals surface area contributed by atoms with Crippen LogP contribution in [0, 0.1) is 0 Å². The number of likely N-dealkylation sites (tertiary alicyclic amines) is 1. The summed E-state index contributed by atoms with van der Waals surface area (Å²) < 4.78 is 3.08. The van der Waals surface area contributed by atoms with E-state index in [1.807, 2.05) is 0 Å². The van der Waals surface area contributed by atoms with E-state index < -0.39 is 9.89 Å². The summed E-state index contributed by atoms with van der Waals surface area (Å²) in [5.41, 5.74) is 0. The normalized spacial score (nSPS) is 20.7. The second-order valence-electron chi connectivity index (χ2n) is 3.42. The number of hydrogen-bond acceptors (Lipinski definition) is 3. The van der Waals surface area contributed by atoms with E-state index in [0.717, 1.165) is 6.41 Å². The fourth-order valence-corrected chi connectivity index (χ4v) is 1.52. The van der Waals surface area contributed by atoms with Crippen LogP contribution in [0.2, 0.25) is 0 Å². The zero-order valence-electron chi connectivity index (χ0n) is 8.29. The van der Waals surface area contributed by atoms with Crippen molar-refractivity contribution in [2.75, 3.05) is 19.7 Å². The predicted octanol–water partition coefficient (Wildman–Crippen LogP) is 1.31. The first-order valence-corrected chi connectivity index (χ1v) is 5.73. The number of alkyl halides is 3. The Labute approximate surface area is 108 Å². The molecular weight excluding hydrogens is 278 g/mol. The SMILES string of the molecule is O=CN1CCC(NC(=O)OCC(Cl)(Cl)Cl)C1. The second-order valence-corrected chi connectivity index (χ2v) is 5.94. The molecule has 0 bridgehead atoms. The van der Waals surface area contributed by atoms with Gasteiger partial charge in [0.15, 0.2) is 0 Å². The molecule has 1 unspecified atom stereocenters. The number of hydrogen-bond donors (Lipinski definition) is 1. The fraction of sp³-hybridized carbons (Fsp3) is 0.750. The zero-order valence-corrected chi connectivity index (χ0v) is 10.6. The first-order chi connectivity index (χ1) is 7.40. The van der Waals surface area contributed by atoms with Gasteiger partial charge in [0.05, 0.1) is 6.04 Å². The van der Waals surface area contributed by atoms with Crippen LogP contribution in [0.3, 0.4) is 0 Å². The largest absolute Gasteiger partial charge is 0.445 e. The molecule has 5 nitrogen and oxygen atoms in total. The number of ether oxygens (including phenoxy) is 1. The van der Waals surface area contributed by atoms with Gasteiger partial charge in [0.1, 0.15) is 6.61 Å². The number of amides is 2. The fourth-order valence-electron chi connectivity index (χ4n) is 1.36. The summed E-state index contributed by atoms with van der Waals surface area (Å²) in [6.07, 6.45) is 0.791. The summed E-state index contributed by atoms with van der Waals surface area (Å²) in [5, 5.41) is 2.58. The topological polar surface area (TPSA) is 58.6 Å². The highest BCUT2D eigenvalue weighted by Crippen LogP contribution is 2.25. The number of carbonyl (C=O) groups is 2. The highest BCUT2D eigenvalue weighted by Gasteiger charge is 2.25. The third-order valence-electron chi connectivity index (χ3n) is 2.06. The summed E-state index contributed by atoms with van der Waals surface area (Å²) in [7, 11) is 0. The van der Waals surface area contributed by atoms with Crippen molar-refractivity contribution >= 4 is 47.3 Å². The molecule has 0 radical (unpaired) electrons. The zero-order chi connectivity index (χ0) is 12.2. The highest BCUT2D eigenvalue weighted by molar-refractivity contribution is 6.67. The van der Waals surface area contributed by atoms with Crippen molar-refractivity contribution in [3.63, 3.8) is 0 Å². The Balaban J connectivity index is 2.22. The number of nitrogens with one attached hydrogen (secondary N) is 1. The van der Waals surface area contributed by atoms with Crippen LogP contribution >= 0.6 is 34.8 Å². The minimum absolute atomic E-state index is 0.104. The smallest absolute Gasteiger partial charge is 0.407 e. The van der Waals surface area contributed by atoms with Crippen LogP contribution in [0.4, 0.5) is 4.79 Å². The van der Waals surface area contributed by atoms with Crippen LogP contribution in [0.1, 0.15) is 6.42 Å². The monoisotopic (exact) mass is 288 g/mol. The van der Waals surface area contributed by atoms with E-state index in [1.54, 1.807) is 4.90 Å². The minimum atomic E-state index is -1.61. The van der Waals surface area contributed by atoms with Crippen molar-refractivity contribution in [1.82, 2.24) is 10.2 Å². The highest BCUT2D eigenvalue weighted by atomic mass is 35.6. The maximum absolute atomic E-state index is 11.2. The number of rotatable bonds is 3. The van der Waals surface area contributed by atoms with Crippen LogP contribution in [0.5, 0.6) is 0 Å². The molecule has 1 atom stereocenters. The number of alkyl carbamates (subject to hydrolysis) is 1. The van der Waals surface area contributed by atoms with Crippen LogP contribution < -0.4 is 5.32 Å². The molecule has 0 aromatic rings. The molecule has 1 N–H and O–H groups in total. The molecular formula is C8H11Cl3N2O3. The lowest BCUT2D eigenvalue weighted by atomic mass is 10.3. The third kappa shape index (κ3) is 5.09. The van der Waals surface area contributed by atoms with Crippen molar-refractivity contribution in [3.8, 4) is 0 Å². The van der Waals surface area contributed by atoms with Crippen LogP contribution in [0.15, 0.2) is 0 Å². The Morgan fingerprint density at radius 2 is 2.25 bits per heavy atom. The quantitative estimate of drug-likeness (QED) is 0.629. The Hall–Kier alpha value is -0.390. The summed E-state index contributed by atoms with van der Waals surface area (Å²) in [5.74, 6) is 0. The van der Waals surface area contributed by atoms with E-state index in [-0.39, 0.29) is 12.6 Å². The lowest BCUT2D eigenvalue weighted by molar-refractivity contribution is -0.117. The number of carbonyl (C=O) groups excluding carboxylic acids is 2. The standard InChI is InChI=1S/C8H11Cl3N2O3/c9-8(10,11)4-16-7(15)12-6-1-2-13(3-6)5-14/h5-6H,1-4H2,(H,12,15). The Morgan fingerprint density at radius 3 is 2.75 bits per heavy atom. The Bertz CT molecular complexity index is 270. The molecule has 0 aliphatic carbocycles. The molecule has 0 saturated carbocycles. The van der Waals surface area contributed by atoms with Crippen LogP contribution in [0.25, 0.3) is 0 Å². The van der Waals surface area contributed by atoms with Gasteiger partial charge in [0.2, 0.25) is 10.2 Å². The molecule has 16 heavy (non-hydrogen) atoms. The molecule has 1 aliphatic rings. The first kappa shape index (κ1) is 13.7. The Morgan fingerprint density at radius 1 is 1.56 bits per heavy atom. The third-order valence-corrected chi connectivity index (χ3v) is 2.38. The lowest BCUT2D eigenvalue weighted by Crippen LogP contribution is -2.38. The summed E-state index contributed by atoms with van der Waals surface area (Å²) in [6.45, 7) is 0.791. The van der Waals surface area contributed by atoms with E-state index in [4.69, 9.17) is 34.8 Å². The van der Waals surface area contributed by atoms with Gasteiger partial charge in [-0.05, 0) is 6.42 Å². The van der Waals surface area contributed by atoms with Gasteiger partial charge in [-0.3, -0.25) is 4.79 Å². The van der Waals surface area contributed by atoms with E-state index in [1.165, 1.54) is 0 Å². The average Bonchev–Trinajstić information content (AvgIpc) is 2.61. The minimum Gasteiger partial charge on any atom is -0.445 e. The number of nitrogens with zero attached hydrogens (tertiary/aromatic N) is 1. The Kier molecular flexibility index (Phi) is 4.95. The first-order valence-electron chi connectivity index (χ1n) is 4.60. The van der Waals surface area contributed by atoms with Crippen molar-refractivity contribution in [1.29, 1.82) is 0 Å². The molecule has 1 rings (SSSR count). The molecule has 8 heteroatoms. The lowest BCUT2D eigenvalue weighted by Gasteiger charge is -2.15. The molecule has 92 valence electrons. The summed E-state index contributed by atoms with van der Waals surface area (Å²) in [6, 6.07) is -0.104. The van der Waals surface area contributed by atoms with Crippen molar-refractivity contribution in [3.05, 3.63) is 0 Å². The van der Waals surface area contributed by atoms with Gasteiger partial charge in [0.25, 0.3) is 0 Å². The molecule has 1 aliphatic heterocycles. The van der Waals surface area contributed by atoms with Gasteiger partial charge < -0.3 is 15.0 Å². The van der Waals surface area contributed by atoms with E-state index >= 15 is 0 Å². The summed E-state index contributed by atoms with van der Waals surface area (Å²) in [4.78, 5) is 23.2. The van der Waals surface area contributed by atoms with Gasteiger partial charge in [-0.25, -0.2) is 4.79 Å². The van der Waals surface area contributed by atoms with Crippen molar-refractivity contribution in [2.45, 2.75) is 16.3 Å². The van der Waals surface area contributed by atoms with Crippen molar-refractivity contribution < 1.29 is 14.3 Å². The van der Waals surface area contributed by atoms with Gasteiger partial charge >= 0.3 is 6.09 Å². The second kappa shape index (κ2) is 5.80. The predicted molar refractivity (Wildman–Crippen MR) is 60.8 cm³/mol. The summed E-state index contributed by atoms with van der Waals surface area (Å²) >= 11 is 16.2. The maximum Gasteiger partial charge on any atom is 0.407 e. The molecule has 0 spiro atoms. The van der Waals surface area contributed by atoms with Gasteiger partial charge in [-0.2, -0.15) is 0 Å². The molecule has 1 saturated heterocycles. The van der Waals surface area contributed by atoms with Gasteiger partial charge in [-0.1, -0.05) is 34.8 Å². The van der Waals surface area contributed by atoms with Crippen LogP contribution in [-0.4, -0.2) is 46.9 Å². The average molecular weight is 290 g/mol. The molecule has 1 fully saturated rings. The number of halogens is 3. The maximum atomic E-state index is 11.2. The van der Waals surface area contributed by atoms with Gasteiger partial charge in [0, 0.05) is 13.1 Å². The van der Waals surface area contributed by atoms with Crippen LogP contribution in [-0.2, 0) is 9.53 Å². The molecule has 0 aromatic carbocycles. The molecule has 0 aromatic heterocycles. The van der Waals surface area contributed by atoms with Gasteiger partial charge in [-0.15, -0.1) is 0 Å². The van der Waals surface area contributed by atoms with Crippen molar-refractivity contribution in [2.24, 2.45) is 0 Å².